The first kappa shape index (κ1) is 16.8. The Labute approximate surface area is 129 Å². The highest BCUT2D eigenvalue weighted by atomic mass is 16.4. The van der Waals surface area contributed by atoms with Crippen LogP contribution < -0.4 is 5.32 Å². The Kier molecular flexibility index (Phi) is 6.06. The number of nitrogens with zero attached hydrogens (tertiary/aromatic N) is 1. The Morgan fingerprint density at radius 1 is 1.19 bits per heavy atom. The molecule has 21 heavy (non-hydrogen) atoms. The molecule has 0 spiro atoms. The summed E-state index contributed by atoms with van der Waals surface area (Å²) in [6.07, 6.45) is 11.3. The van der Waals surface area contributed by atoms with Gasteiger partial charge < -0.3 is 15.3 Å². The first-order valence-electron chi connectivity index (χ1n) is 8.79. The third kappa shape index (κ3) is 3.98. The van der Waals surface area contributed by atoms with Crippen LogP contribution in [0.15, 0.2) is 0 Å². The zero-order valence-electron chi connectivity index (χ0n) is 13.7. The van der Waals surface area contributed by atoms with Crippen molar-refractivity contribution in [3.63, 3.8) is 0 Å². The SMILES string of the molecule is CCCNC1(C(=O)O)CCCC(N(C)C2CCCCC2)C1. The van der Waals surface area contributed by atoms with E-state index in [4.69, 9.17) is 0 Å². The predicted molar refractivity (Wildman–Crippen MR) is 85.6 cm³/mol. The Morgan fingerprint density at radius 3 is 2.48 bits per heavy atom. The first-order valence-corrected chi connectivity index (χ1v) is 8.79. The van der Waals surface area contributed by atoms with Crippen LogP contribution in [-0.2, 0) is 4.79 Å². The van der Waals surface area contributed by atoms with E-state index >= 15 is 0 Å². The molecule has 0 heterocycles. The van der Waals surface area contributed by atoms with E-state index in [1.54, 1.807) is 0 Å². The van der Waals surface area contributed by atoms with Crippen LogP contribution >= 0.6 is 0 Å². The second-order valence-electron chi connectivity index (χ2n) is 7.02. The van der Waals surface area contributed by atoms with E-state index in [1.807, 2.05) is 0 Å². The maximum absolute atomic E-state index is 11.8. The summed E-state index contributed by atoms with van der Waals surface area (Å²) in [5, 5.41) is 13.1. The summed E-state index contributed by atoms with van der Waals surface area (Å²) >= 11 is 0. The normalized spacial score (nSPS) is 31.5. The Morgan fingerprint density at radius 2 is 1.86 bits per heavy atom. The molecule has 0 aromatic carbocycles. The van der Waals surface area contributed by atoms with Crippen molar-refractivity contribution in [3.05, 3.63) is 0 Å². The van der Waals surface area contributed by atoms with E-state index in [0.717, 1.165) is 38.6 Å². The predicted octanol–water partition coefficient (Wildman–Crippen LogP) is 3.02. The maximum atomic E-state index is 11.8. The lowest BCUT2D eigenvalue weighted by molar-refractivity contribution is -0.147. The molecular weight excluding hydrogens is 264 g/mol. The van der Waals surface area contributed by atoms with Crippen molar-refractivity contribution in [1.29, 1.82) is 0 Å². The number of carboxylic acids is 1. The molecular formula is C17H32N2O2. The maximum Gasteiger partial charge on any atom is 0.323 e. The van der Waals surface area contributed by atoms with Gasteiger partial charge in [-0.05, 0) is 58.5 Å². The van der Waals surface area contributed by atoms with Gasteiger partial charge in [0.25, 0.3) is 0 Å². The van der Waals surface area contributed by atoms with Gasteiger partial charge in [0.15, 0.2) is 0 Å². The number of carboxylic acid groups (broad SMARTS) is 1. The molecule has 0 bridgehead atoms. The zero-order valence-corrected chi connectivity index (χ0v) is 13.7. The lowest BCUT2D eigenvalue weighted by Gasteiger charge is -2.45. The van der Waals surface area contributed by atoms with Crippen molar-refractivity contribution in [2.75, 3.05) is 13.6 Å². The van der Waals surface area contributed by atoms with Crippen LogP contribution in [0.2, 0.25) is 0 Å². The molecule has 2 fully saturated rings. The molecule has 0 aromatic heterocycles. The summed E-state index contributed by atoms with van der Waals surface area (Å²) < 4.78 is 0. The van der Waals surface area contributed by atoms with E-state index in [9.17, 15) is 9.90 Å². The fourth-order valence-corrected chi connectivity index (χ4v) is 4.17. The third-order valence-corrected chi connectivity index (χ3v) is 5.57. The van der Waals surface area contributed by atoms with Crippen molar-refractivity contribution in [1.82, 2.24) is 10.2 Å². The first-order chi connectivity index (χ1) is 10.1. The standard InChI is InChI=1S/C17H32N2O2/c1-3-12-18-17(16(20)21)11-7-10-15(13-17)19(2)14-8-5-4-6-9-14/h14-15,18H,3-13H2,1-2H3,(H,20,21). The van der Waals surface area contributed by atoms with Gasteiger partial charge in [0.1, 0.15) is 5.54 Å². The minimum atomic E-state index is -0.693. The summed E-state index contributed by atoms with van der Waals surface area (Å²) in [6, 6.07) is 1.09. The third-order valence-electron chi connectivity index (χ3n) is 5.57. The Balaban J connectivity index is 2.01. The monoisotopic (exact) mass is 296 g/mol. The number of hydrogen-bond acceptors (Lipinski definition) is 3. The van der Waals surface area contributed by atoms with Gasteiger partial charge in [0, 0.05) is 12.1 Å². The van der Waals surface area contributed by atoms with Gasteiger partial charge in [-0.2, -0.15) is 0 Å². The summed E-state index contributed by atoms with van der Waals surface area (Å²) in [6.45, 7) is 2.89. The van der Waals surface area contributed by atoms with Gasteiger partial charge in [0.05, 0.1) is 0 Å². The molecule has 4 heteroatoms. The van der Waals surface area contributed by atoms with E-state index in [1.165, 1.54) is 32.1 Å². The number of hydrogen-bond donors (Lipinski definition) is 2. The Hall–Kier alpha value is -0.610. The summed E-state index contributed by atoms with van der Waals surface area (Å²) in [4.78, 5) is 14.3. The minimum absolute atomic E-state index is 0.419. The number of carbonyl (C=O) groups is 1. The highest BCUT2D eigenvalue weighted by Gasteiger charge is 2.44. The fraction of sp³-hybridized carbons (Fsp3) is 0.941. The molecule has 2 rings (SSSR count). The quantitative estimate of drug-likeness (QED) is 0.791. The van der Waals surface area contributed by atoms with E-state index in [0.29, 0.717) is 12.1 Å². The molecule has 2 N–H and O–H groups in total. The number of aliphatic carboxylic acids is 1. The van der Waals surface area contributed by atoms with Gasteiger partial charge in [0.2, 0.25) is 0 Å². The zero-order chi connectivity index (χ0) is 15.3. The van der Waals surface area contributed by atoms with Crippen molar-refractivity contribution in [2.45, 2.75) is 88.8 Å². The summed E-state index contributed by atoms with van der Waals surface area (Å²) in [5.74, 6) is -0.655. The molecule has 2 unspecified atom stereocenters. The van der Waals surface area contributed by atoms with E-state index < -0.39 is 11.5 Å². The highest BCUT2D eigenvalue weighted by molar-refractivity contribution is 5.79. The van der Waals surface area contributed by atoms with Crippen LogP contribution in [0.25, 0.3) is 0 Å². The molecule has 0 amide bonds. The summed E-state index contributed by atoms with van der Waals surface area (Å²) in [5.41, 5.74) is -0.693. The largest absolute Gasteiger partial charge is 0.480 e. The molecule has 0 radical (unpaired) electrons. The van der Waals surface area contributed by atoms with Gasteiger partial charge in [-0.3, -0.25) is 4.79 Å². The van der Waals surface area contributed by atoms with Gasteiger partial charge in [-0.25, -0.2) is 0 Å². The second-order valence-corrected chi connectivity index (χ2v) is 7.02. The molecule has 2 aliphatic rings. The Bertz CT molecular complexity index is 342. The van der Waals surface area contributed by atoms with Crippen LogP contribution in [0, 0.1) is 0 Å². The van der Waals surface area contributed by atoms with Gasteiger partial charge in [-0.15, -0.1) is 0 Å². The van der Waals surface area contributed by atoms with E-state index in [2.05, 4.69) is 24.2 Å². The second kappa shape index (κ2) is 7.59. The number of rotatable bonds is 6. The van der Waals surface area contributed by atoms with Crippen LogP contribution in [0.3, 0.4) is 0 Å². The average Bonchev–Trinajstić information content (AvgIpc) is 2.53. The number of nitrogens with one attached hydrogen (secondary N) is 1. The van der Waals surface area contributed by atoms with Crippen molar-refractivity contribution in [2.24, 2.45) is 0 Å². The highest BCUT2D eigenvalue weighted by Crippen LogP contribution is 2.34. The van der Waals surface area contributed by atoms with Crippen molar-refractivity contribution in [3.8, 4) is 0 Å². The topological polar surface area (TPSA) is 52.6 Å². The molecule has 2 atom stereocenters. The van der Waals surface area contributed by atoms with Crippen LogP contribution in [0.1, 0.15) is 71.1 Å². The van der Waals surface area contributed by atoms with Gasteiger partial charge >= 0.3 is 5.97 Å². The summed E-state index contributed by atoms with van der Waals surface area (Å²) in [7, 11) is 2.22. The van der Waals surface area contributed by atoms with E-state index in [-0.39, 0.29) is 0 Å². The van der Waals surface area contributed by atoms with Crippen molar-refractivity contribution >= 4 is 5.97 Å². The van der Waals surface area contributed by atoms with Gasteiger partial charge in [-0.1, -0.05) is 26.2 Å². The molecule has 0 aromatic rings. The molecule has 4 nitrogen and oxygen atoms in total. The molecule has 0 saturated heterocycles. The van der Waals surface area contributed by atoms with Crippen LogP contribution in [0.5, 0.6) is 0 Å². The lowest BCUT2D eigenvalue weighted by atomic mass is 9.77. The van der Waals surface area contributed by atoms with Crippen LogP contribution in [0.4, 0.5) is 0 Å². The molecule has 2 aliphatic carbocycles. The minimum Gasteiger partial charge on any atom is -0.480 e. The molecule has 122 valence electrons. The molecule has 2 saturated carbocycles. The van der Waals surface area contributed by atoms with Crippen molar-refractivity contribution < 1.29 is 9.90 Å². The fourth-order valence-electron chi connectivity index (χ4n) is 4.17. The van der Waals surface area contributed by atoms with Crippen LogP contribution in [-0.4, -0.2) is 47.2 Å². The lowest BCUT2D eigenvalue weighted by Crippen LogP contribution is -2.59. The average molecular weight is 296 g/mol. The molecule has 0 aliphatic heterocycles. The smallest absolute Gasteiger partial charge is 0.323 e.